The van der Waals surface area contributed by atoms with Crippen LogP contribution in [-0.2, 0) is 0 Å². The molecule has 0 amide bonds. The quantitative estimate of drug-likeness (QED) is 0.214. The van der Waals surface area contributed by atoms with Crippen molar-refractivity contribution in [2.75, 3.05) is 0 Å². The van der Waals surface area contributed by atoms with Crippen LogP contribution in [0.4, 0.5) is 0 Å². The van der Waals surface area contributed by atoms with Crippen LogP contribution in [0.3, 0.4) is 0 Å². The van der Waals surface area contributed by atoms with Gasteiger partial charge in [0.05, 0.1) is 4.47 Å². The lowest BCUT2D eigenvalue weighted by Crippen LogP contribution is -1.99. The summed E-state index contributed by atoms with van der Waals surface area (Å²) in [6.07, 6.45) is 0. The summed E-state index contributed by atoms with van der Waals surface area (Å²) >= 11 is 7.03. The molecule has 0 spiro atoms. The minimum atomic E-state index is -0.195. The standard InChI is InChI=1S/C26H18Br2O2/c27-24-20(16-21(29)26(30)25(24)28)23(19-14-8-3-9-15-19)22(17-10-4-1-5-11-17)18-12-6-2-7-13-18/h1-16,29-30H. The molecule has 30 heavy (non-hydrogen) atoms. The third kappa shape index (κ3) is 3.93. The van der Waals surface area contributed by atoms with Crippen LogP contribution in [0.2, 0.25) is 0 Å². The molecular weight excluding hydrogens is 504 g/mol. The highest BCUT2D eigenvalue weighted by molar-refractivity contribution is 9.13. The fourth-order valence-electron chi connectivity index (χ4n) is 3.49. The Morgan fingerprint density at radius 2 is 0.933 bits per heavy atom. The van der Waals surface area contributed by atoms with Gasteiger partial charge in [-0.15, -0.1) is 0 Å². The summed E-state index contributed by atoms with van der Waals surface area (Å²) in [7, 11) is 0. The molecule has 4 rings (SSSR count). The predicted molar refractivity (Wildman–Crippen MR) is 130 cm³/mol. The summed E-state index contributed by atoms with van der Waals surface area (Å²) in [5, 5.41) is 20.6. The summed E-state index contributed by atoms with van der Waals surface area (Å²) < 4.78 is 1.08. The summed E-state index contributed by atoms with van der Waals surface area (Å²) in [6.45, 7) is 0. The highest BCUT2D eigenvalue weighted by Crippen LogP contribution is 2.47. The van der Waals surface area contributed by atoms with Crippen molar-refractivity contribution in [1.82, 2.24) is 0 Å². The van der Waals surface area contributed by atoms with Crippen molar-refractivity contribution in [2.24, 2.45) is 0 Å². The first kappa shape index (κ1) is 20.5. The highest BCUT2D eigenvalue weighted by Gasteiger charge is 2.22. The maximum Gasteiger partial charge on any atom is 0.173 e. The molecule has 2 N–H and O–H groups in total. The first-order chi connectivity index (χ1) is 14.6. The Labute approximate surface area is 192 Å². The van der Waals surface area contributed by atoms with E-state index in [1.54, 1.807) is 6.07 Å². The topological polar surface area (TPSA) is 40.5 Å². The Kier molecular flexibility index (Phi) is 6.07. The zero-order chi connectivity index (χ0) is 21.1. The van der Waals surface area contributed by atoms with E-state index in [2.05, 4.69) is 56.1 Å². The average molecular weight is 522 g/mol. The lowest BCUT2D eigenvalue weighted by atomic mass is 9.85. The van der Waals surface area contributed by atoms with E-state index in [9.17, 15) is 10.2 Å². The van der Waals surface area contributed by atoms with E-state index >= 15 is 0 Å². The summed E-state index contributed by atoms with van der Waals surface area (Å²) in [5.74, 6) is -0.381. The molecule has 0 aromatic heterocycles. The average Bonchev–Trinajstić information content (AvgIpc) is 2.80. The SMILES string of the molecule is Oc1cc(C(=C(c2ccccc2)c2ccccc2)c2ccccc2)c(Br)c(Br)c1O. The van der Waals surface area contributed by atoms with Crippen LogP contribution >= 0.6 is 31.9 Å². The molecule has 4 aromatic rings. The summed E-state index contributed by atoms with van der Waals surface area (Å²) in [5.41, 5.74) is 5.84. The minimum Gasteiger partial charge on any atom is -0.504 e. The zero-order valence-corrected chi connectivity index (χ0v) is 19.1. The van der Waals surface area contributed by atoms with Gasteiger partial charge in [-0.25, -0.2) is 0 Å². The summed E-state index contributed by atoms with van der Waals surface area (Å²) in [4.78, 5) is 0. The van der Waals surface area contributed by atoms with Crippen molar-refractivity contribution < 1.29 is 10.2 Å². The van der Waals surface area contributed by atoms with Gasteiger partial charge in [0.2, 0.25) is 0 Å². The van der Waals surface area contributed by atoms with Crippen molar-refractivity contribution in [3.8, 4) is 11.5 Å². The van der Waals surface area contributed by atoms with Gasteiger partial charge in [0.1, 0.15) is 0 Å². The van der Waals surface area contributed by atoms with Crippen LogP contribution in [0.25, 0.3) is 11.1 Å². The molecule has 2 nitrogen and oxygen atoms in total. The first-order valence-corrected chi connectivity index (χ1v) is 11.0. The van der Waals surface area contributed by atoms with Crippen LogP contribution < -0.4 is 0 Å². The Bertz CT molecular complexity index is 1160. The van der Waals surface area contributed by atoms with E-state index in [4.69, 9.17) is 0 Å². The van der Waals surface area contributed by atoms with Gasteiger partial charge in [-0.05, 0) is 65.8 Å². The molecule has 0 unspecified atom stereocenters. The fraction of sp³-hybridized carbons (Fsp3) is 0. The number of hydrogen-bond donors (Lipinski definition) is 2. The second-order valence-electron chi connectivity index (χ2n) is 6.77. The number of halogens is 2. The molecule has 4 aromatic carbocycles. The Morgan fingerprint density at radius 3 is 1.37 bits per heavy atom. The molecule has 0 radical (unpaired) electrons. The van der Waals surface area contributed by atoms with Gasteiger partial charge in [-0.3, -0.25) is 0 Å². The molecule has 148 valence electrons. The molecule has 0 fully saturated rings. The number of rotatable bonds is 4. The number of phenols is 2. The Balaban J connectivity index is 2.17. The first-order valence-electron chi connectivity index (χ1n) is 9.38. The molecule has 4 heteroatoms. The van der Waals surface area contributed by atoms with Gasteiger partial charge in [-0.1, -0.05) is 91.0 Å². The van der Waals surface area contributed by atoms with Gasteiger partial charge in [-0.2, -0.15) is 0 Å². The number of benzene rings is 4. The van der Waals surface area contributed by atoms with Crippen molar-refractivity contribution in [3.05, 3.63) is 128 Å². The maximum atomic E-state index is 10.4. The molecule has 0 heterocycles. The fourth-order valence-corrected chi connectivity index (χ4v) is 4.41. The van der Waals surface area contributed by atoms with Crippen LogP contribution in [0.5, 0.6) is 11.5 Å². The Morgan fingerprint density at radius 1 is 0.533 bits per heavy atom. The summed E-state index contributed by atoms with van der Waals surface area (Å²) in [6, 6.07) is 32.0. The predicted octanol–water partition coefficient (Wildman–Crippen LogP) is 7.63. The molecule has 0 aliphatic rings. The van der Waals surface area contributed by atoms with E-state index in [1.807, 2.05) is 66.7 Å². The van der Waals surface area contributed by atoms with E-state index in [0.29, 0.717) is 8.95 Å². The van der Waals surface area contributed by atoms with E-state index in [-0.39, 0.29) is 11.5 Å². The number of phenolic OH excluding ortho intramolecular Hbond substituents is 2. The van der Waals surface area contributed by atoms with E-state index < -0.39 is 0 Å². The Hall–Kier alpha value is -2.82. The van der Waals surface area contributed by atoms with Crippen molar-refractivity contribution in [2.45, 2.75) is 0 Å². The van der Waals surface area contributed by atoms with Gasteiger partial charge in [0.25, 0.3) is 0 Å². The minimum absolute atomic E-state index is 0.186. The van der Waals surface area contributed by atoms with Crippen LogP contribution in [0.15, 0.2) is 106 Å². The third-order valence-electron chi connectivity index (χ3n) is 4.87. The largest absolute Gasteiger partial charge is 0.504 e. The van der Waals surface area contributed by atoms with Gasteiger partial charge in [0.15, 0.2) is 11.5 Å². The van der Waals surface area contributed by atoms with Crippen molar-refractivity contribution >= 4 is 43.0 Å². The second-order valence-corrected chi connectivity index (χ2v) is 8.35. The molecule has 0 atom stereocenters. The zero-order valence-electron chi connectivity index (χ0n) is 15.9. The van der Waals surface area contributed by atoms with Crippen molar-refractivity contribution in [3.63, 3.8) is 0 Å². The molecule has 0 saturated heterocycles. The molecule has 0 bridgehead atoms. The highest BCUT2D eigenvalue weighted by atomic mass is 79.9. The van der Waals surface area contributed by atoms with Crippen LogP contribution in [0.1, 0.15) is 22.3 Å². The lowest BCUT2D eigenvalue weighted by Gasteiger charge is -2.20. The van der Waals surface area contributed by atoms with Crippen LogP contribution in [-0.4, -0.2) is 10.2 Å². The van der Waals surface area contributed by atoms with E-state index in [0.717, 1.165) is 33.4 Å². The molecule has 0 aliphatic carbocycles. The van der Waals surface area contributed by atoms with Gasteiger partial charge in [0, 0.05) is 10.0 Å². The second kappa shape index (κ2) is 8.90. The third-order valence-corrected chi connectivity index (χ3v) is 7.00. The maximum absolute atomic E-state index is 10.4. The molecule has 0 saturated carbocycles. The smallest absolute Gasteiger partial charge is 0.173 e. The van der Waals surface area contributed by atoms with Crippen molar-refractivity contribution in [1.29, 1.82) is 0 Å². The van der Waals surface area contributed by atoms with Gasteiger partial charge < -0.3 is 10.2 Å². The molecule has 0 aliphatic heterocycles. The number of hydrogen-bond acceptors (Lipinski definition) is 2. The number of aromatic hydroxyl groups is 2. The lowest BCUT2D eigenvalue weighted by molar-refractivity contribution is 0.401. The normalized spacial score (nSPS) is 10.6. The monoisotopic (exact) mass is 520 g/mol. The van der Waals surface area contributed by atoms with Gasteiger partial charge >= 0.3 is 0 Å². The van der Waals surface area contributed by atoms with E-state index in [1.165, 1.54) is 0 Å². The molecular formula is C26H18Br2O2. The van der Waals surface area contributed by atoms with Crippen LogP contribution in [0, 0.1) is 0 Å².